The number of hydrogen-bond donors (Lipinski definition) is 3. The molecule has 1 aliphatic heterocycles. The number of aromatic amines is 1. The molecule has 0 aromatic carbocycles. The Morgan fingerprint density at radius 2 is 1.71 bits per heavy atom. The summed E-state index contributed by atoms with van der Waals surface area (Å²) in [6.45, 7) is 6.38. The Morgan fingerprint density at radius 3 is 2.19 bits per heavy atom. The Morgan fingerprint density at radius 1 is 1.13 bits per heavy atom. The van der Waals surface area contributed by atoms with Gasteiger partial charge in [-0.05, 0) is 0 Å². The van der Waals surface area contributed by atoms with Gasteiger partial charge in [0.1, 0.15) is 0 Å². The predicted molar refractivity (Wildman–Crippen MR) is 127 cm³/mol. The van der Waals surface area contributed by atoms with Crippen LogP contribution in [0.3, 0.4) is 0 Å². The molecule has 1 aromatic rings. The molecular weight excluding hydrogens is 503 g/mol. The second kappa shape index (κ2) is 13.0. The van der Waals surface area contributed by atoms with Gasteiger partial charge in [-0.3, -0.25) is 0 Å². The first kappa shape index (κ1) is 26.4. The molecule has 0 bridgehead atoms. The zero-order valence-electron chi connectivity index (χ0n) is 19.3. The fourth-order valence-electron chi connectivity index (χ4n) is 4.36. The average Bonchev–Trinajstić information content (AvgIpc) is 3.14. The number of H-pyrrole nitrogens is 1. The van der Waals surface area contributed by atoms with Crippen molar-refractivity contribution < 1.29 is 14.9 Å². The van der Waals surface area contributed by atoms with E-state index < -0.39 is 48.1 Å². The van der Waals surface area contributed by atoms with E-state index in [4.69, 9.17) is 4.74 Å². The first-order chi connectivity index (χ1) is 14.9. The molecule has 0 unspecified atom stereocenters. The van der Waals surface area contributed by atoms with Crippen LogP contribution < -0.4 is 11.2 Å². The van der Waals surface area contributed by atoms with E-state index in [1.165, 1.54) is 56.4 Å². The van der Waals surface area contributed by atoms with E-state index in [1.54, 1.807) is 6.20 Å². The van der Waals surface area contributed by atoms with Crippen molar-refractivity contribution >= 4 is 24.5 Å². The third kappa shape index (κ3) is 7.30. The van der Waals surface area contributed by atoms with Crippen LogP contribution >= 0.6 is 0 Å². The van der Waals surface area contributed by atoms with Crippen LogP contribution in [-0.4, -0.2) is 57.0 Å². The molecule has 2 heterocycles. The molecule has 2 rings (SSSR count). The number of aliphatic hydroxyl groups is 2. The van der Waals surface area contributed by atoms with Gasteiger partial charge in [-0.25, -0.2) is 0 Å². The summed E-state index contributed by atoms with van der Waals surface area (Å²) in [6.07, 6.45) is 8.70. The normalized spacial score (nSPS) is 21.9. The number of unbranched alkanes of at least 4 members (excludes halogenated alkanes) is 3. The van der Waals surface area contributed by atoms with Gasteiger partial charge in [-0.1, -0.05) is 0 Å². The molecule has 0 spiro atoms. The summed E-state index contributed by atoms with van der Waals surface area (Å²) in [6, 6.07) is 0. The molecule has 3 N–H and O–H groups in total. The summed E-state index contributed by atoms with van der Waals surface area (Å²) >= 11 is -2.57. The Balaban J connectivity index is 2.36. The predicted octanol–water partition coefficient (Wildman–Crippen LogP) is 3.58. The van der Waals surface area contributed by atoms with Crippen molar-refractivity contribution in [2.75, 3.05) is 6.61 Å². The molecule has 1 aromatic heterocycles. The second-order valence-electron chi connectivity index (χ2n) is 8.87. The van der Waals surface area contributed by atoms with Crippen molar-refractivity contribution in [1.29, 1.82) is 0 Å². The molecule has 1 fully saturated rings. The average molecular weight is 543 g/mol. The zero-order chi connectivity index (χ0) is 22.9. The van der Waals surface area contributed by atoms with Gasteiger partial charge in [0.15, 0.2) is 0 Å². The van der Waals surface area contributed by atoms with Crippen LogP contribution in [0.1, 0.15) is 77.5 Å². The first-order valence-electron chi connectivity index (χ1n) is 11.9. The molecule has 7 nitrogen and oxygen atoms in total. The summed E-state index contributed by atoms with van der Waals surface area (Å²) in [5, 5.41) is 19.3. The molecule has 3 atom stereocenters. The van der Waals surface area contributed by atoms with Gasteiger partial charge < -0.3 is 0 Å². The topological polar surface area (TPSA) is 105 Å². The fourth-order valence-corrected chi connectivity index (χ4v) is 18.5. The summed E-state index contributed by atoms with van der Waals surface area (Å²) in [7, 11) is 0. The molecule has 0 amide bonds. The minimum atomic E-state index is -2.57. The summed E-state index contributed by atoms with van der Waals surface area (Å²) in [5.41, 5.74) is -0.497. The van der Waals surface area contributed by atoms with Gasteiger partial charge in [0.25, 0.3) is 0 Å². The fraction of sp³-hybridized carbons (Fsp3) is 0.739. The Kier molecular flexibility index (Phi) is 11.0. The van der Waals surface area contributed by atoms with Gasteiger partial charge in [-0.2, -0.15) is 0 Å². The molecule has 0 saturated carbocycles. The van der Waals surface area contributed by atoms with E-state index in [0.29, 0.717) is 5.56 Å². The van der Waals surface area contributed by atoms with Crippen LogP contribution in [0, 0.1) is 0 Å². The zero-order valence-corrected chi connectivity index (χ0v) is 22.2. The van der Waals surface area contributed by atoms with Crippen molar-refractivity contribution in [2.45, 2.75) is 97.5 Å². The molecule has 31 heavy (non-hydrogen) atoms. The molecule has 0 aliphatic carbocycles. The third-order valence-corrected chi connectivity index (χ3v) is 20.4. The van der Waals surface area contributed by atoms with Crippen molar-refractivity contribution in [2.24, 2.45) is 0 Å². The number of hydrogen-bond acceptors (Lipinski definition) is 5. The number of nitrogens with one attached hydrogen (secondary N) is 1. The molecular formula is C23H40N2O5Sn. The summed E-state index contributed by atoms with van der Waals surface area (Å²) < 4.78 is 13.3. The van der Waals surface area contributed by atoms with Gasteiger partial charge in [0.2, 0.25) is 0 Å². The van der Waals surface area contributed by atoms with Crippen LogP contribution in [-0.2, 0) is 4.74 Å². The van der Waals surface area contributed by atoms with Crippen LogP contribution in [0.2, 0.25) is 13.3 Å². The minimum absolute atomic E-state index is 0.201. The van der Waals surface area contributed by atoms with E-state index in [1.807, 2.05) is 6.08 Å². The van der Waals surface area contributed by atoms with Gasteiger partial charge >= 0.3 is 190 Å². The number of aromatic nitrogens is 2. The van der Waals surface area contributed by atoms with E-state index in [0.717, 1.165) is 0 Å². The van der Waals surface area contributed by atoms with Crippen LogP contribution in [0.15, 0.2) is 19.9 Å². The molecule has 176 valence electrons. The van der Waals surface area contributed by atoms with E-state index in [2.05, 4.69) is 29.8 Å². The number of rotatable bonds is 13. The van der Waals surface area contributed by atoms with Crippen molar-refractivity contribution in [3.63, 3.8) is 0 Å². The third-order valence-electron chi connectivity index (χ3n) is 6.39. The van der Waals surface area contributed by atoms with Gasteiger partial charge in [0.05, 0.1) is 0 Å². The SMILES string of the molecule is CCC[CH2][Sn](/[CH]=C/c1cn([C@H]2C[C@H](O)[C@@H](CO)O2)c(=O)[nH]c1=O)([CH2]CCC)[CH2]CCC. The molecule has 1 aliphatic rings. The molecule has 8 heteroatoms. The van der Waals surface area contributed by atoms with Gasteiger partial charge in [-0.15, -0.1) is 0 Å². The quantitative estimate of drug-likeness (QED) is 0.330. The van der Waals surface area contributed by atoms with Gasteiger partial charge in [0, 0.05) is 0 Å². The first-order valence-corrected chi connectivity index (χ1v) is 19.6. The number of ether oxygens (including phenoxy) is 1. The van der Waals surface area contributed by atoms with Crippen molar-refractivity contribution in [3.8, 4) is 0 Å². The number of aliphatic hydroxyl groups excluding tert-OH is 2. The van der Waals surface area contributed by atoms with E-state index in [-0.39, 0.29) is 13.0 Å². The van der Waals surface area contributed by atoms with Crippen LogP contribution in [0.4, 0.5) is 0 Å². The maximum atomic E-state index is 12.5. The second-order valence-corrected chi connectivity index (χ2v) is 21.9. The molecule has 0 radical (unpaired) electrons. The standard InChI is InChI=1S/C11H13N2O5.3C4H9.Sn/c1-2-6-4-13(11(17)12-10(6)16)9-3-7(15)8(5-14)18-9;3*1-3-4-2;/h1-2,4,7-9,14-15H,3,5H2,(H,12,16,17);3*1,3-4H2,2H3;/t7-,8+,9+;;;;/m0..../s1. The summed E-state index contributed by atoms with van der Waals surface area (Å²) in [5.74, 6) is 0. The Bertz CT molecular complexity index is 797. The van der Waals surface area contributed by atoms with E-state index in [9.17, 15) is 19.8 Å². The molecule has 1 saturated heterocycles. The van der Waals surface area contributed by atoms with Crippen molar-refractivity contribution in [1.82, 2.24) is 9.55 Å². The van der Waals surface area contributed by atoms with Crippen LogP contribution in [0.25, 0.3) is 6.08 Å². The van der Waals surface area contributed by atoms with Crippen LogP contribution in [0.5, 0.6) is 0 Å². The Hall–Kier alpha value is -0.901. The summed E-state index contributed by atoms with van der Waals surface area (Å²) in [4.78, 5) is 27.3. The van der Waals surface area contributed by atoms with Crippen molar-refractivity contribution in [3.05, 3.63) is 36.7 Å². The Labute approximate surface area is 189 Å². The number of nitrogens with zero attached hydrogens (tertiary/aromatic N) is 1. The maximum absolute atomic E-state index is 12.5. The van der Waals surface area contributed by atoms with E-state index >= 15 is 0 Å². The monoisotopic (exact) mass is 544 g/mol.